The van der Waals surface area contributed by atoms with Gasteiger partial charge >= 0.3 is 0 Å². The zero-order valence-corrected chi connectivity index (χ0v) is 19.6. The molecule has 3 heterocycles. The van der Waals surface area contributed by atoms with Crippen molar-refractivity contribution in [2.45, 2.75) is 38.8 Å². The fraction of sp³-hybridized carbons (Fsp3) is 0.423. The van der Waals surface area contributed by atoms with Gasteiger partial charge in [-0.1, -0.05) is 12.1 Å². The van der Waals surface area contributed by atoms with E-state index in [4.69, 9.17) is 10.4 Å². The Bertz CT molecular complexity index is 1220. The van der Waals surface area contributed by atoms with Gasteiger partial charge in [0, 0.05) is 61.2 Å². The van der Waals surface area contributed by atoms with Crippen molar-refractivity contribution in [2.75, 3.05) is 43.0 Å². The third-order valence-electron chi connectivity index (χ3n) is 7.25. The summed E-state index contributed by atoms with van der Waals surface area (Å²) in [6, 6.07) is 13.8. The standard InChI is InChI=1S/C26H31N7/c1-17-12-24-20(15-27)16-33(23-13-21(14-23)29-3)26(24)30-25(17)32-10-8-31(9-11-32)22-6-4-19(5-7-22)18(2)28/h4-7,12,16,21,23,28-29H,8-11,13-14H2,1-3H3. The summed E-state index contributed by atoms with van der Waals surface area (Å²) < 4.78 is 2.23. The highest BCUT2D eigenvalue weighted by atomic mass is 15.3. The van der Waals surface area contributed by atoms with Crippen LogP contribution in [0.3, 0.4) is 0 Å². The number of benzene rings is 1. The van der Waals surface area contributed by atoms with Crippen LogP contribution in [0.15, 0.2) is 36.5 Å². The van der Waals surface area contributed by atoms with Crippen molar-refractivity contribution in [3.05, 3.63) is 53.2 Å². The van der Waals surface area contributed by atoms with E-state index in [2.05, 4.69) is 50.9 Å². The zero-order chi connectivity index (χ0) is 23.1. The summed E-state index contributed by atoms with van der Waals surface area (Å²) in [7, 11) is 2.01. The number of piperazine rings is 1. The Morgan fingerprint density at radius 1 is 1.12 bits per heavy atom. The lowest BCUT2D eigenvalue weighted by molar-refractivity contribution is 0.240. The van der Waals surface area contributed by atoms with E-state index in [0.29, 0.717) is 23.4 Å². The Balaban J connectivity index is 1.37. The Labute approximate surface area is 195 Å². The zero-order valence-electron chi connectivity index (χ0n) is 19.6. The van der Waals surface area contributed by atoms with E-state index in [9.17, 15) is 5.26 Å². The van der Waals surface area contributed by atoms with Gasteiger partial charge in [0.1, 0.15) is 17.5 Å². The molecule has 0 spiro atoms. The maximum absolute atomic E-state index is 9.68. The molecule has 2 N–H and O–H groups in total. The molecule has 7 nitrogen and oxygen atoms in total. The number of hydrogen-bond acceptors (Lipinski definition) is 6. The van der Waals surface area contributed by atoms with Crippen LogP contribution in [-0.2, 0) is 0 Å². The summed E-state index contributed by atoms with van der Waals surface area (Å²) >= 11 is 0. The van der Waals surface area contributed by atoms with Crippen LogP contribution in [0, 0.1) is 23.7 Å². The van der Waals surface area contributed by atoms with Gasteiger partial charge in [0.2, 0.25) is 0 Å². The maximum atomic E-state index is 9.68. The first kappa shape index (κ1) is 21.5. The fourth-order valence-electron chi connectivity index (χ4n) is 5.10. The molecule has 1 saturated carbocycles. The van der Waals surface area contributed by atoms with E-state index >= 15 is 0 Å². The van der Waals surface area contributed by atoms with Gasteiger partial charge in [-0.05, 0) is 63.1 Å². The van der Waals surface area contributed by atoms with E-state index in [0.717, 1.165) is 67.0 Å². The number of nitrogens with one attached hydrogen (secondary N) is 2. The van der Waals surface area contributed by atoms with Gasteiger partial charge in [0.25, 0.3) is 0 Å². The van der Waals surface area contributed by atoms with Crippen molar-refractivity contribution in [2.24, 2.45) is 0 Å². The predicted molar refractivity (Wildman–Crippen MR) is 134 cm³/mol. The lowest BCUT2D eigenvalue weighted by Crippen LogP contribution is -2.47. The maximum Gasteiger partial charge on any atom is 0.143 e. The molecule has 0 amide bonds. The monoisotopic (exact) mass is 441 g/mol. The van der Waals surface area contributed by atoms with Crippen LogP contribution in [0.25, 0.3) is 11.0 Å². The number of nitrogens with zero attached hydrogens (tertiary/aromatic N) is 5. The van der Waals surface area contributed by atoms with Crippen molar-refractivity contribution in [1.29, 1.82) is 10.7 Å². The minimum absolute atomic E-state index is 0.402. The number of rotatable bonds is 5. The van der Waals surface area contributed by atoms with Crippen LogP contribution in [-0.4, -0.2) is 54.5 Å². The largest absolute Gasteiger partial charge is 0.368 e. The van der Waals surface area contributed by atoms with E-state index < -0.39 is 0 Å². The molecular weight excluding hydrogens is 410 g/mol. The Kier molecular flexibility index (Phi) is 5.55. The van der Waals surface area contributed by atoms with Crippen molar-refractivity contribution in [3.8, 4) is 6.07 Å². The molecule has 1 aliphatic carbocycles. The van der Waals surface area contributed by atoms with Gasteiger partial charge < -0.3 is 25.1 Å². The van der Waals surface area contributed by atoms with E-state index in [-0.39, 0.29) is 0 Å². The highest BCUT2D eigenvalue weighted by Crippen LogP contribution is 2.37. The number of fused-ring (bicyclic) bond motifs is 1. The van der Waals surface area contributed by atoms with Crippen molar-refractivity contribution < 1.29 is 0 Å². The molecule has 0 radical (unpaired) electrons. The quantitative estimate of drug-likeness (QED) is 0.588. The molecule has 2 aliphatic rings. The average Bonchev–Trinajstić information content (AvgIpc) is 3.15. The highest BCUT2D eigenvalue weighted by Gasteiger charge is 2.31. The Morgan fingerprint density at radius 2 is 1.79 bits per heavy atom. The van der Waals surface area contributed by atoms with Gasteiger partial charge in [0.15, 0.2) is 0 Å². The molecule has 0 atom stereocenters. The molecule has 170 valence electrons. The molecule has 7 heteroatoms. The lowest BCUT2D eigenvalue weighted by Gasteiger charge is -2.38. The van der Waals surface area contributed by atoms with Crippen LogP contribution in [0.1, 0.15) is 42.5 Å². The first-order chi connectivity index (χ1) is 16.0. The molecule has 1 aromatic carbocycles. The average molecular weight is 442 g/mol. The second-order valence-corrected chi connectivity index (χ2v) is 9.32. The van der Waals surface area contributed by atoms with Crippen LogP contribution in [0.4, 0.5) is 11.5 Å². The van der Waals surface area contributed by atoms with Gasteiger partial charge in [-0.25, -0.2) is 4.98 Å². The van der Waals surface area contributed by atoms with E-state index in [1.165, 1.54) is 5.69 Å². The molecule has 2 aromatic heterocycles. The highest BCUT2D eigenvalue weighted by molar-refractivity contribution is 5.96. The first-order valence-corrected chi connectivity index (χ1v) is 11.7. The molecule has 1 saturated heterocycles. The predicted octanol–water partition coefficient (Wildman–Crippen LogP) is 3.85. The van der Waals surface area contributed by atoms with Crippen LogP contribution in [0.2, 0.25) is 0 Å². The minimum atomic E-state index is 0.402. The first-order valence-electron chi connectivity index (χ1n) is 11.7. The number of aryl methyl sites for hydroxylation is 1. The summed E-state index contributed by atoms with van der Waals surface area (Å²) in [5, 5.41) is 21.8. The van der Waals surface area contributed by atoms with E-state index in [1.807, 2.05) is 32.3 Å². The molecule has 33 heavy (non-hydrogen) atoms. The topological polar surface area (TPSA) is 84.0 Å². The third-order valence-corrected chi connectivity index (χ3v) is 7.25. The number of hydrogen-bond donors (Lipinski definition) is 2. The smallest absolute Gasteiger partial charge is 0.143 e. The van der Waals surface area contributed by atoms with E-state index in [1.54, 1.807) is 0 Å². The van der Waals surface area contributed by atoms with Crippen LogP contribution >= 0.6 is 0 Å². The molecule has 5 rings (SSSR count). The molecule has 1 aliphatic heterocycles. The Morgan fingerprint density at radius 3 is 2.39 bits per heavy atom. The van der Waals surface area contributed by atoms with Gasteiger partial charge in [-0.2, -0.15) is 5.26 Å². The SMILES string of the molecule is CNC1CC(n2cc(C#N)c3cc(C)c(N4CCN(c5ccc(C(C)=N)cc5)CC4)nc32)C1. The third kappa shape index (κ3) is 3.85. The van der Waals surface area contributed by atoms with Gasteiger partial charge in [0.05, 0.1) is 5.56 Å². The summed E-state index contributed by atoms with van der Waals surface area (Å²) in [4.78, 5) is 9.90. The Hall–Kier alpha value is -3.37. The number of anilines is 2. The van der Waals surface area contributed by atoms with Crippen molar-refractivity contribution in [1.82, 2.24) is 14.9 Å². The molecular formula is C26H31N7. The number of nitriles is 1. The second-order valence-electron chi connectivity index (χ2n) is 9.32. The van der Waals surface area contributed by atoms with Gasteiger partial charge in [-0.3, -0.25) is 0 Å². The number of aromatic nitrogens is 2. The summed E-state index contributed by atoms with van der Waals surface area (Å²) in [5.41, 5.74) is 5.54. The second kappa shape index (κ2) is 8.53. The lowest BCUT2D eigenvalue weighted by atomic mass is 9.87. The van der Waals surface area contributed by atoms with Gasteiger partial charge in [-0.15, -0.1) is 0 Å². The normalized spacial score (nSPS) is 20.5. The molecule has 3 aromatic rings. The molecule has 0 unspecified atom stereocenters. The summed E-state index contributed by atoms with van der Waals surface area (Å²) in [6.45, 7) is 7.59. The van der Waals surface area contributed by atoms with Crippen LogP contribution in [0.5, 0.6) is 0 Å². The summed E-state index contributed by atoms with van der Waals surface area (Å²) in [6.07, 6.45) is 4.14. The molecule has 0 bridgehead atoms. The number of pyridine rings is 1. The van der Waals surface area contributed by atoms with Crippen molar-refractivity contribution >= 4 is 28.3 Å². The molecule has 2 fully saturated rings. The van der Waals surface area contributed by atoms with Crippen molar-refractivity contribution in [3.63, 3.8) is 0 Å². The fourth-order valence-corrected chi connectivity index (χ4v) is 5.10. The minimum Gasteiger partial charge on any atom is -0.368 e. The summed E-state index contributed by atoms with van der Waals surface area (Å²) in [5.74, 6) is 1.03. The van der Waals surface area contributed by atoms with Crippen LogP contribution < -0.4 is 15.1 Å².